The summed E-state index contributed by atoms with van der Waals surface area (Å²) in [6.45, 7) is 0.409. The van der Waals surface area contributed by atoms with Crippen molar-refractivity contribution < 1.29 is 14.6 Å². The normalized spacial score (nSPS) is 10.9. The molecule has 1 heterocycles. The maximum atomic E-state index is 12.3. The fourth-order valence-corrected chi connectivity index (χ4v) is 3.04. The van der Waals surface area contributed by atoms with E-state index in [0.717, 1.165) is 11.1 Å². The van der Waals surface area contributed by atoms with Crippen LogP contribution >= 0.6 is 11.6 Å². The predicted molar refractivity (Wildman–Crippen MR) is 123 cm³/mol. The summed E-state index contributed by atoms with van der Waals surface area (Å²) in [5, 5.41) is 21.0. The van der Waals surface area contributed by atoms with Crippen LogP contribution in [-0.2, 0) is 6.61 Å². The van der Waals surface area contributed by atoms with Gasteiger partial charge in [-0.1, -0.05) is 48.0 Å². The summed E-state index contributed by atoms with van der Waals surface area (Å²) in [7, 11) is 0. The second-order valence-corrected chi connectivity index (χ2v) is 7.34. The fraction of sp³-hybridized carbons (Fsp3) is 0.0417. The van der Waals surface area contributed by atoms with E-state index in [4.69, 9.17) is 16.3 Å². The van der Waals surface area contributed by atoms with Gasteiger partial charge < -0.3 is 9.84 Å². The second kappa shape index (κ2) is 9.80. The van der Waals surface area contributed by atoms with Crippen LogP contribution in [0.15, 0.2) is 84.0 Å². The van der Waals surface area contributed by atoms with E-state index in [1.54, 1.807) is 24.3 Å². The number of rotatable bonds is 7. The van der Waals surface area contributed by atoms with Crippen molar-refractivity contribution in [3.05, 3.63) is 101 Å². The number of phenolic OH excluding ortho intramolecular Hbond substituents is 1. The number of benzene rings is 3. The summed E-state index contributed by atoms with van der Waals surface area (Å²) in [6, 6.07) is 23.1. The van der Waals surface area contributed by atoms with E-state index in [-0.39, 0.29) is 11.4 Å². The monoisotopic (exact) mass is 446 g/mol. The van der Waals surface area contributed by atoms with Crippen LogP contribution in [0.5, 0.6) is 11.5 Å². The van der Waals surface area contributed by atoms with Crippen molar-refractivity contribution in [1.82, 2.24) is 15.6 Å². The average Bonchev–Trinajstić information content (AvgIpc) is 3.30. The number of hydrazone groups is 1. The van der Waals surface area contributed by atoms with Crippen molar-refractivity contribution in [2.24, 2.45) is 5.10 Å². The van der Waals surface area contributed by atoms with Crippen LogP contribution in [0.2, 0.25) is 5.02 Å². The Labute approximate surface area is 189 Å². The van der Waals surface area contributed by atoms with Crippen molar-refractivity contribution >= 4 is 23.7 Å². The molecule has 0 unspecified atom stereocenters. The Morgan fingerprint density at radius 3 is 2.72 bits per heavy atom. The minimum atomic E-state index is -0.435. The standard InChI is InChI=1S/C24H19ClN4O3/c25-19-9-7-16(8-10-19)15-32-21-6-2-4-18(12-21)22-13-23(28-27-22)24(31)29-26-14-17-3-1-5-20(30)11-17/h1-14,30H,15H2,(H,27,28)(H,29,31)/b26-14-. The molecular formula is C24H19ClN4O3. The number of amides is 1. The van der Waals surface area contributed by atoms with Gasteiger partial charge in [0.1, 0.15) is 23.8 Å². The highest BCUT2D eigenvalue weighted by atomic mass is 35.5. The molecule has 1 aromatic heterocycles. The third-order valence-corrected chi connectivity index (χ3v) is 4.77. The van der Waals surface area contributed by atoms with E-state index in [1.807, 2.05) is 48.5 Å². The lowest BCUT2D eigenvalue weighted by atomic mass is 10.1. The third-order valence-electron chi connectivity index (χ3n) is 4.52. The van der Waals surface area contributed by atoms with Crippen LogP contribution in [0, 0.1) is 0 Å². The van der Waals surface area contributed by atoms with E-state index in [0.29, 0.717) is 28.6 Å². The molecule has 0 spiro atoms. The molecule has 8 heteroatoms. The number of carbonyl (C=O) groups excluding carboxylic acids is 1. The van der Waals surface area contributed by atoms with E-state index < -0.39 is 5.91 Å². The maximum absolute atomic E-state index is 12.3. The maximum Gasteiger partial charge on any atom is 0.289 e. The summed E-state index contributed by atoms with van der Waals surface area (Å²) < 4.78 is 5.85. The van der Waals surface area contributed by atoms with Gasteiger partial charge in [-0.3, -0.25) is 9.89 Å². The van der Waals surface area contributed by atoms with Gasteiger partial charge in [0, 0.05) is 10.6 Å². The third kappa shape index (κ3) is 5.53. The molecule has 0 aliphatic carbocycles. The summed E-state index contributed by atoms with van der Waals surface area (Å²) in [5.74, 6) is 0.371. The van der Waals surface area contributed by atoms with Gasteiger partial charge in [0.25, 0.3) is 5.91 Å². The van der Waals surface area contributed by atoms with Gasteiger partial charge in [0.15, 0.2) is 0 Å². The van der Waals surface area contributed by atoms with Crippen molar-refractivity contribution in [3.63, 3.8) is 0 Å². The number of halogens is 1. The summed E-state index contributed by atoms with van der Waals surface area (Å²) in [6.07, 6.45) is 1.44. The number of hydrogen-bond acceptors (Lipinski definition) is 5. The van der Waals surface area contributed by atoms with Gasteiger partial charge in [-0.15, -0.1) is 0 Å². The Morgan fingerprint density at radius 1 is 1.09 bits per heavy atom. The van der Waals surface area contributed by atoms with E-state index >= 15 is 0 Å². The van der Waals surface area contributed by atoms with Gasteiger partial charge in [-0.2, -0.15) is 10.2 Å². The number of aromatic hydroxyl groups is 1. The molecule has 0 bridgehead atoms. The molecule has 0 fully saturated rings. The first-order valence-electron chi connectivity index (χ1n) is 9.72. The Kier molecular flexibility index (Phi) is 6.48. The minimum absolute atomic E-state index is 0.123. The van der Waals surface area contributed by atoms with E-state index in [2.05, 4.69) is 20.7 Å². The van der Waals surface area contributed by atoms with Crippen LogP contribution in [0.25, 0.3) is 11.3 Å². The molecule has 4 rings (SSSR count). The smallest absolute Gasteiger partial charge is 0.289 e. The molecule has 0 atom stereocenters. The quantitative estimate of drug-likeness (QED) is 0.281. The number of aromatic nitrogens is 2. The van der Waals surface area contributed by atoms with Gasteiger partial charge in [-0.25, -0.2) is 5.43 Å². The Bertz CT molecular complexity index is 1250. The van der Waals surface area contributed by atoms with Crippen LogP contribution in [0.1, 0.15) is 21.6 Å². The number of H-pyrrole nitrogens is 1. The molecule has 4 aromatic rings. The molecule has 0 aliphatic heterocycles. The van der Waals surface area contributed by atoms with Crippen molar-refractivity contribution in [3.8, 4) is 22.8 Å². The highest BCUT2D eigenvalue weighted by Crippen LogP contribution is 2.24. The lowest BCUT2D eigenvalue weighted by molar-refractivity contribution is 0.0950. The summed E-state index contributed by atoms with van der Waals surface area (Å²) >= 11 is 5.91. The molecule has 0 saturated carbocycles. The fourth-order valence-electron chi connectivity index (χ4n) is 2.91. The molecule has 7 nitrogen and oxygen atoms in total. The number of carbonyl (C=O) groups is 1. The van der Waals surface area contributed by atoms with Crippen molar-refractivity contribution in [1.29, 1.82) is 0 Å². The van der Waals surface area contributed by atoms with Gasteiger partial charge in [0.2, 0.25) is 0 Å². The lowest BCUT2D eigenvalue weighted by Crippen LogP contribution is -2.17. The van der Waals surface area contributed by atoms with Crippen LogP contribution < -0.4 is 10.2 Å². The van der Waals surface area contributed by atoms with E-state index in [1.165, 1.54) is 12.3 Å². The number of ether oxygens (including phenoxy) is 1. The zero-order valence-electron chi connectivity index (χ0n) is 16.8. The molecule has 1 amide bonds. The molecule has 0 aliphatic rings. The zero-order valence-corrected chi connectivity index (χ0v) is 17.6. The number of nitrogens with zero attached hydrogens (tertiary/aromatic N) is 2. The van der Waals surface area contributed by atoms with Crippen LogP contribution in [0.3, 0.4) is 0 Å². The van der Waals surface area contributed by atoms with Crippen LogP contribution in [-0.4, -0.2) is 27.4 Å². The second-order valence-electron chi connectivity index (χ2n) is 6.90. The van der Waals surface area contributed by atoms with Crippen LogP contribution in [0.4, 0.5) is 0 Å². The van der Waals surface area contributed by atoms with Crippen molar-refractivity contribution in [2.75, 3.05) is 0 Å². The Balaban J connectivity index is 1.38. The van der Waals surface area contributed by atoms with E-state index in [9.17, 15) is 9.90 Å². The minimum Gasteiger partial charge on any atom is -0.508 e. The number of phenols is 1. The van der Waals surface area contributed by atoms with Gasteiger partial charge >= 0.3 is 0 Å². The molecular weight excluding hydrogens is 428 g/mol. The highest BCUT2D eigenvalue weighted by molar-refractivity contribution is 6.30. The summed E-state index contributed by atoms with van der Waals surface area (Å²) in [5.41, 5.74) is 5.76. The first-order chi connectivity index (χ1) is 15.6. The number of nitrogens with one attached hydrogen (secondary N) is 2. The number of hydrogen-bond donors (Lipinski definition) is 3. The first kappa shape index (κ1) is 21.1. The molecule has 0 radical (unpaired) electrons. The number of aromatic amines is 1. The Morgan fingerprint density at radius 2 is 1.91 bits per heavy atom. The molecule has 3 aromatic carbocycles. The van der Waals surface area contributed by atoms with Gasteiger partial charge in [0.05, 0.1) is 11.9 Å². The highest BCUT2D eigenvalue weighted by Gasteiger charge is 2.11. The molecule has 3 N–H and O–H groups in total. The average molecular weight is 447 g/mol. The largest absolute Gasteiger partial charge is 0.508 e. The molecule has 160 valence electrons. The topological polar surface area (TPSA) is 99.6 Å². The SMILES string of the molecule is O=C(N/N=C\c1cccc(O)c1)c1cc(-c2cccc(OCc3ccc(Cl)cc3)c2)n[nH]1. The first-order valence-corrected chi connectivity index (χ1v) is 10.1. The Hall–Kier alpha value is -4.10. The lowest BCUT2D eigenvalue weighted by Gasteiger charge is -2.07. The predicted octanol–water partition coefficient (Wildman–Crippen LogP) is 4.78. The van der Waals surface area contributed by atoms with Crippen molar-refractivity contribution in [2.45, 2.75) is 6.61 Å². The molecule has 0 saturated heterocycles. The molecule has 32 heavy (non-hydrogen) atoms. The summed E-state index contributed by atoms with van der Waals surface area (Å²) in [4.78, 5) is 12.3. The zero-order chi connectivity index (χ0) is 22.3. The van der Waals surface area contributed by atoms with Gasteiger partial charge in [-0.05, 0) is 53.6 Å².